The Hall–Kier alpha value is -2.53. The molecule has 4 heteroatoms. The molecule has 3 aromatic carbocycles. The molecule has 0 aromatic heterocycles. The summed E-state index contributed by atoms with van der Waals surface area (Å²) < 4.78 is 7.09. The molecule has 0 bridgehead atoms. The molecule has 33 heavy (non-hydrogen) atoms. The SMILES string of the molecule is CC(C)(C)C(O[SiH](c1ccccc1)c1ccccc1)C1CN(Cc2ccccc2)CCC1=O. The highest BCUT2D eigenvalue weighted by molar-refractivity contribution is 6.80. The van der Waals surface area contributed by atoms with Gasteiger partial charge in [0.05, 0.1) is 12.0 Å². The quantitative estimate of drug-likeness (QED) is 0.502. The molecule has 1 saturated heterocycles. The van der Waals surface area contributed by atoms with Gasteiger partial charge in [-0.25, -0.2) is 0 Å². The van der Waals surface area contributed by atoms with Crippen LogP contribution in [0.3, 0.4) is 0 Å². The van der Waals surface area contributed by atoms with Gasteiger partial charge in [-0.3, -0.25) is 9.69 Å². The van der Waals surface area contributed by atoms with Crippen LogP contribution in [0.5, 0.6) is 0 Å². The van der Waals surface area contributed by atoms with E-state index < -0.39 is 9.04 Å². The van der Waals surface area contributed by atoms with E-state index >= 15 is 0 Å². The number of rotatable bonds is 7. The number of Topliss-reactive ketones (excluding diaryl/α,β-unsaturated/α-hetero) is 1. The third kappa shape index (κ3) is 6.08. The van der Waals surface area contributed by atoms with Gasteiger partial charge in [0.15, 0.2) is 0 Å². The molecule has 0 N–H and O–H groups in total. The van der Waals surface area contributed by atoms with Crippen LogP contribution in [0, 0.1) is 11.3 Å². The number of hydrogen-bond donors (Lipinski definition) is 0. The second-order valence-corrected chi connectivity index (χ2v) is 12.5. The van der Waals surface area contributed by atoms with Crippen molar-refractivity contribution in [3.63, 3.8) is 0 Å². The Labute approximate surface area is 200 Å². The van der Waals surface area contributed by atoms with Gasteiger partial charge in [-0.1, -0.05) is 112 Å². The molecule has 2 atom stereocenters. The molecule has 0 radical (unpaired) electrons. The number of benzene rings is 3. The average molecular weight is 458 g/mol. The molecular formula is C29H35NO2Si. The number of likely N-dealkylation sites (tertiary alicyclic amines) is 1. The molecule has 1 fully saturated rings. The van der Waals surface area contributed by atoms with Crippen molar-refractivity contribution in [2.45, 2.75) is 39.8 Å². The predicted molar refractivity (Wildman–Crippen MR) is 138 cm³/mol. The fraction of sp³-hybridized carbons (Fsp3) is 0.345. The number of piperidine rings is 1. The number of hydrogen-bond acceptors (Lipinski definition) is 3. The molecule has 0 aliphatic carbocycles. The lowest BCUT2D eigenvalue weighted by Crippen LogP contribution is -2.56. The van der Waals surface area contributed by atoms with E-state index in [2.05, 4.69) is 98.5 Å². The first-order chi connectivity index (χ1) is 15.9. The normalized spacial score (nSPS) is 18.4. The van der Waals surface area contributed by atoms with Crippen molar-refractivity contribution >= 4 is 25.2 Å². The van der Waals surface area contributed by atoms with Crippen molar-refractivity contribution in [1.82, 2.24) is 4.90 Å². The van der Waals surface area contributed by atoms with Gasteiger partial charge in [-0.05, 0) is 21.4 Å². The van der Waals surface area contributed by atoms with Gasteiger partial charge in [0, 0.05) is 26.1 Å². The predicted octanol–water partition coefficient (Wildman–Crippen LogP) is 4.05. The van der Waals surface area contributed by atoms with E-state index in [0.29, 0.717) is 12.2 Å². The van der Waals surface area contributed by atoms with Crippen molar-refractivity contribution < 1.29 is 9.22 Å². The Morgan fingerprint density at radius 3 is 1.91 bits per heavy atom. The summed E-state index contributed by atoms with van der Waals surface area (Å²) >= 11 is 0. The molecule has 0 saturated carbocycles. The minimum Gasteiger partial charge on any atom is -0.407 e. The first-order valence-electron chi connectivity index (χ1n) is 12.0. The fourth-order valence-electron chi connectivity index (χ4n) is 4.83. The van der Waals surface area contributed by atoms with Crippen LogP contribution in [0.4, 0.5) is 0 Å². The highest BCUT2D eigenvalue weighted by Gasteiger charge is 2.42. The van der Waals surface area contributed by atoms with Gasteiger partial charge in [0.25, 0.3) is 0 Å². The van der Waals surface area contributed by atoms with Gasteiger partial charge < -0.3 is 4.43 Å². The van der Waals surface area contributed by atoms with Crippen LogP contribution >= 0.6 is 0 Å². The molecule has 172 valence electrons. The average Bonchev–Trinajstić information content (AvgIpc) is 2.82. The zero-order valence-electron chi connectivity index (χ0n) is 20.0. The lowest BCUT2D eigenvalue weighted by Gasteiger charge is -2.43. The zero-order chi connectivity index (χ0) is 23.3. The summed E-state index contributed by atoms with van der Waals surface area (Å²) in [5, 5.41) is 2.50. The summed E-state index contributed by atoms with van der Waals surface area (Å²) in [6.07, 6.45) is 0.455. The van der Waals surface area contributed by atoms with Crippen molar-refractivity contribution in [3.05, 3.63) is 96.6 Å². The molecule has 4 rings (SSSR count). The minimum absolute atomic E-state index is 0.120. The van der Waals surface area contributed by atoms with Crippen molar-refractivity contribution in [2.75, 3.05) is 13.1 Å². The van der Waals surface area contributed by atoms with E-state index in [1.54, 1.807) is 0 Å². The molecule has 3 nitrogen and oxygen atoms in total. The highest BCUT2D eigenvalue weighted by atomic mass is 28.3. The van der Waals surface area contributed by atoms with E-state index in [1.165, 1.54) is 15.9 Å². The molecule has 0 spiro atoms. The summed E-state index contributed by atoms with van der Waals surface area (Å²) in [5.74, 6) is 0.220. The Morgan fingerprint density at radius 1 is 0.879 bits per heavy atom. The van der Waals surface area contributed by atoms with Gasteiger partial charge in [-0.15, -0.1) is 0 Å². The molecule has 1 aliphatic rings. The first kappa shape index (κ1) is 23.6. The molecular weight excluding hydrogens is 422 g/mol. The van der Waals surface area contributed by atoms with Crippen LogP contribution < -0.4 is 10.4 Å². The Kier molecular flexibility index (Phi) is 7.59. The van der Waals surface area contributed by atoms with Crippen LogP contribution in [0.25, 0.3) is 0 Å². The third-order valence-corrected chi connectivity index (χ3v) is 9.04. The molecule has 1 heterocycles. The Balaban J connectivity index is 1.61. The first-order valence-corrected chi connectivity index (χ1v) is 13.6. The van der Waals surface area contributed by atoms with Crippen LogP contribution in [-0.4, -0.2) is 38.9 Å². The van der Waals surface area contributed by atoms with Gasteiger partial charge in [0.1, 0.15) is 5.78 Å². The van der Waals surface area contributed by atoms with Crippen molar-refractivity contribution in [2.24, 2.45) is 11.3 Å². The van der Waals surface area contributed by atoms with E-state index in [0.717, 1.165) is 19.6 Å². The van der Waals surface area contributed by atoms with Crippen LogP contribution in [0.2, 0.25) is 0 Å². The fourth-order valence-corrected chi connectivity index (χ4v) is 7.56. The number of carbonyl (C=O) groups excluding carboxylic acids is 1. The number of ketones is 1. The topological polar surface area (TPSA) is 29.5 Å². The Bertz CT molecular complexity index is 978. The van der Waals surface area contributed by atoms with E-state index in [-0.39, 0.29) is 17.4 Å². The van der Waals surface area contributed by atoms with E-state index in [4.69, 9.17) is 4.43 Å². The number of nitrogens with zero attached hydrogens (tertiary/aromatic N) is 1. The maximum Gasteiger partial charge on any atom is 0.240 e. The maximum atomic E-state index is 13.2. The summed E-state index contributed by atoms with van der Waals surface area (Å²) in [4.78, 5) is 15.7. The highest BCUT2D eigenvalue weighted by Crippen LogP contribution is 2.33. The molecule has 2 unspecified atom stereocenters. The summed E-state index contributed by atoms with van der Waals surface area (Å²) in [5.41, 5.74) is 1.14. The lowest BCUT2D eigenvalue weighted by molar-refractivity contribution is -0.133. The van der Waals surface area contributed by atoms with Crippen LogP contribution in [0.1, 0.15) is 32.8 Å². The van der Waals surface area contributed by atoms with Crippen LogP contribution in [0.15, 0.2) is 91.0 Å². The van der Waals surface area contributed by atoms with E-state index in [9.17, 15) is 4.79 Å². The Morgan fingerprint density at radius 2 is 1.39 bits per heavy atom. The summed E-state index contributed by atoms with van der Waals surface area (Å²) in [6, 6.07) is 31.7. The molecule has 3 aromatic rings. The smallest absolute Gasteiger partial charge is 0.240 e. The minimum atomic E-state index is -1.97. The third-order valence-electron chi connectivity index (χ3n) is 6.50. The number of carbonyl (C=O) groups is 1. The van der Waals surface area contributed by atoms with Crippen molar-refractivity contribution in [1.29, 1.82) is 0 Å². The summed E-state index contributed by atoms with van der Waals surface area (Å²) in [6.45, 7) is 9.08. The second kappa shape index (κ2) is 10.6. The van der Waals surface area contributed by atoms with Gasteiger partial charge in [-0.2, -0.15) is 0 Å². The maximum absolute atomic E-state index is 13.2. The van der Waals surface area contributed by atoms with Gasteiger partial charge in [0.2, 0.25) is 9.04 Å². The largest absolute Gasteiger partial charge is 0.407 e. The monoisotopic (exact) mass is 457 g/mol. The molecule has 1 aliphatic heterocycles. The summed E-state index contributed by atoms with van der Waals surface area (Å²) in [7, 11) is -1.97. The van der Waals surface area contributed by atoms with Crippen LogP contribution in [-0.2, 0) is 15.8 Å². The van der Waals surface area contributed by atoms with E-state index in [1.807, 2.05) is 18.2 Å². The molecule has 0 amide bonds. The second-order valence-electron chi connectivity index (χ2n) is 10.2. The zero-order valence-corrected chi connectivity index (χ0v) is 21.1. The van der Waals surface area contributed by atoms with Crippen molar-refractivity contribution in [3.8, 4) is 0 Å². The lowest BCUT2D eigenvalue weighted by atomic mass is 9.77. The standard InChI is InChI=1S/C29H35NO2Si/c1-29(2,3)28(26-22-30(20-19-27(26)31)21-23-13-7-4-8-14-23)32-33(24-15-9-5-10-16-24)25-17-11-6-12-18-25/h4-18,26,28,33H,19-22H2,1-3H3. The van der Waals surface area contributed by atoms with Gasteiger partial charge >= 0.3 is 0 Å².